The number of Topliss-reactive ketones (excluding diaryl/α,β-unsaturated/α-hetero) is 1. The lowest BCUT2D eigenvalue weighted by molar-refractivity contribution is -0.149. The summed E-state index contributed by atoms with van der Waals surface area (Å²) in [6, 6.07) is 9.06. The monoisotopic (exact) mass is 366 g/mol. The number of hydrogen-bond donors (Lipinski definition) is 2. The number of carboxylic acid groups (broad SMARTS) is 1. The van der Waals surface area contributed by atoms with E-state index in [1.807, 2.05) is 0 Å². The van der Waals surface area contributed by atoms with Crippen LogP contribution in [-0.2, 0) is 16.0 Å². The zero-order chi connectivity index (χ0) is 19.2. The van der Waals surface area contributed by atoms with Crippen LogP contribution in [0.1, 0.15) is 15.9 Å². The van der Waals surface area contributed by atoms with Crippen LogP contribution in [0.25, 0.3) is 11.5 Å². The summed E-state index contributed by atoms with van der Waals surface area (Å²) in [6.45, 7) is 0. The molecule has 0 bridgehead atoms. The van der Waals surface area contributed by atoms with Crippen LogP contribution < -0.4 is 5.32 Å². The molecule has 0 aliphatic rings. The summed E-state index contributed by atoms with van der Waals surface area (Å²) in [5, 5.41) is 15.1. The largest absolute Gasteiger partial charge is 0.475 e. The molecule has 0 aliphatic carbocycles. The molecule has 9 heteroatoms. The number of nitrogens with zero attached hydrogens (tertiary/aromatic N) is 3. The summed E-state index contributed by atoms with van der Waals surface area (Å²) in [5.41, 5.74) is 1.07. The van der Waals surface area contributed by atoms with Crippen molar-refractivity contribution in [1.82, 2.24) is 20.4 Å². The molecular weight excluding hydrogens is 352 g/mol. The smallest absolute Gasteiger partial charge is 0.374 e. The van der Waals surface area contributed by atoms with E-state index in [1.54, 1.807) is 30.3 Å². The Morgan fingerprint density at radius 2 is 1.93 bits per heavy atom. The molecule has 3 aromatic rings. The summed E-state index contributed by atoms with van der Waals surface area (Å²) >= 11 is 0. The molecule has 0 radical (unpaired) electrons. The fourth-order valence-electron chi connectivity index (χ4n) is 2.46. The number of aliphatic carboxylic acids is 1. The van der Waals surface area contributed by atoms with Crippen molar-refractivity contribution in [3.63, 3.8) is 0 Å². The van der Waals surface area contributed by atoms with E-state index >= 15 is 0 Å². The van der Waals surface area contributed by atoms with Crippen molar-refractivity contribution in [1.29, 1.82) is 0 Å². The van der Waals surface area contributed by atoms with E-state index in [0.717, 1.165) is 0 Å². The second-order valence-electron chi connectivity index (χ2n) is 5.55. The quantitative estimate of drug-likeness (QED) is 0.594. The highest BCUT2D eigenvalue weighted by atomic mass is 16.5. The van der Waals surface area contributed by atoms with Crippen molar-refractivity contribution < 1.29 is 24.0 Å². The van der Waals surface area contributed by atoms with Crippen LogP contribution in [-0.4, -0.2) is 43.9 Å². The molecule has 3 rings (SSSR count). The topological polar surface area (TPSA) is 135 Å². The number of benzene rings is 1. The molecule has 0 fully saturated rings. The van der Waals surface area contributed by atoms with Gasteiger partial charge in [-0.15, -0.1) is 0 Å². The zero-order valence-corrected chi connectivity index (χ0v) is 13.9. The molecule has 136 valence electrons. The summed E-state index contributed by atoms with van der Waals surface area (Å²) in [6.07, 6.45) is 3.97. The molecule has 0 spiro atoms. The number of carbonyl (C=O) groups excluding carboxylic acids is 2. The molecule has 1 aromatic carbocycles. The van der Waals surface area contributed by atoms with Crippen LogP contribution in [0.2, 0.25) is 0 Å². The van der Waals surface area contributed by atoms with Crippen molar-refractivity contribution in [2.24, 2.45) is 0 Å². The minimum Gasteiger partial charge on any atom is -0.475 e. The molecule has 0 aliphatic heterocycles. The predicted molar refractivity (Wildman–Crippen MR) is 91.6 cm³/mol. The number of aromatic nitrogens is 3. The first-order valence-electron chi connectivity index (χ1n) is 7.89. The van der Waals surface area contributed by atoms with Crippen molar-refractivity contribution in [3.05, 3.63) is 66.2 Å². The van der Waals surface area contributed by atoms with Gasteiger partial charge in [0.25, 0.3) is 11.7 Å². The molecule has 1 amide bonds. The lowest BCUT2D eigenvalue weighted by Crippen LogP contribution is -2.45. The van der Waals surface area contributed by atoms with E-state index in [4.69, 9.17) is 9.63 Å². The zero-order valence-electron chi connectivity index (χ0n) is 13.9. The van der Waals surface area contributed by atoms with Crippen LogP contribution in [0.4, 0.5) is 0 Å². The summed E-state index contributed by atoms with van der Waals surface area (Å²) < 4.78 is 5.08. The summed E-state index contributed by atoms with van der Waals surface area (Å²) in [4.78, 5) is 43.6. The second kappa shape index (κ2) is 8.00. The Kier molecular flexibility index (Phi) is 5.31. The molecule has 27 heavy (non-hydrogen) atoms. The normalized spacial score (nSPS) is 11.6. The van der Waals surface area contributed by atoms with E-state index in [0.29, 0.717) is 11.3 Å². The van der Waals surface area contributed by atoms with Gasteiger partial charge in [0.05, 0.1) is 6.20 Å². The third-order valence-electron chi connectivity index (χ3n) is 3.74. The lowest BCUT2D eigenvalue weighted by Gasteiger charge is -2.15. The van der Waals surface area contributed by atoms with Gasteiger partial charge in [-0.1, -0.05) is 35.5 Å². The maximum absolute atomic E-state index is 12.6. The number of carbonyl (C=O) groups is 3. The van der Waals surface area contributed by atoms with Crippen LogP contribution >= 0.6 is 0 Å². The Morgan fingerprint density at radius 1 is 1.15 bits per heavy atom. The average molecular weight is 366 g/mol. The highest BCUT2D eigenvalue weighted by Gasteiger charge is 2.29. The summed E-state index contributed by atoms with van der Waals surface area (Å²) in [7, 11) is 0. The van der Waals surface area contributed by atoms with Gasteiger partial charge >= 0.3 is 5.97 Å². The van der Waals surface area contributed by atoms with Crippen LogP contribution in [0.5, 0.6) is 0 Å². The first-order valence-corrected chi connectivity index (χ1v) is 7.89. The molecule has 0 saturated heterocycles. The first-order chi connectivity index (χ1) is 13.1. The molecule has 0 saturated carbocycles. The fourth-order valence-corrected chi connectivity index (χ4v) is 2.46. The number of ketones is 1. The average Bonchev–Trinajstić information content (AvgIpc) is 3.18. The van der Waals surface area contributed by atoms with Crippen molar-refractivity contribution in [2.75, 3.05) is 0 Å². The molecular formula is C18H14N4O5. The van der Waals surface area contributed by atoms with Crippen molar-refractivity contribution in [3.8, 4) is 11.5 Å². The Hall–Kier alpha value is -3.88. The van der Waals surface area contributed by atoms with Crippen molar-refractivity contribution in [2.45, 2.75) is 12.5 Å². The standard InChI is InChI=1S/C18H14N4O5/c23-15(18(25)26)14(8-11-4-2-1-3-5-11)22-17(24)12-9-21-27-16(12)13-6-7-19-10-20-13/h1-7,9-10,14H,8H2,(H,22,24)(H,25,26). The molecule has 2 heterocycles. The van der Waals surface area contributed by atoms with Gasteiger partial charge in [-0.05, 0) is 11.6 Å². The van der Waals surface area contributed by atoms with Crippen LogP contribution in [0.15, 0.2) is 59.6 Å². The van der Waals surface area contributed by atoms with Crippen LogP contribution in [0.3, 0.4) is 0 Å². The number of rotatable bonds is 7. The van der Waals surface area contributed by atoms with E-state index in [1.165, 1.54) is 24.8 Å². The number of amides is 1. The highest BCUT2D eigenvalue weighted by molar-refractivity contribution is 6.35. The lowest BCUT2D eigenvalue weighted by atomic mass is 10.0. The Bertz CT molecular complexity index is 956. The van der Waals surface area contributed by atoms with Gasteiger partial charge in [-0.2, -0.15) is 0 Å². The molecule has 1 atom stereocenters. The van der Waals surface area contributed by atoms with Gasteiger partial charge in [-0.25, -0.2) is 14.8 Å². The maximum Gasteiger partial charge on any atom is 0.374 e. The van der Waals surface area contributed by atoms with E-state index in [9.17, 15) is 14.4 Å². The minimum absolute atomic E-state index is 0.0324. The van der Waals surface area contributed by atoms with Gasteiger partial charge in [0, 0.05) is 12.6 Å². The van der Waals surface area contributed by atoms with E-state index < -0.39 is 23.7 Å². The minimum atomic E-state index is -1.63. The van der Waals surface area contributed by atoms with Gasteiger partial charge < -0.3 is 14.9 Å². The van der Waals surface area contributed by atoms with Gasteiger partial charge in [0.2, 0.25) is 0 Å². The number of nitrogens with one attached hydrogen (secondary N) is 1. The maximum atomic E-state index is 12.6. The molecule has 9 nitrogen and oxygen atoms in total. The second-order valence-corrected chi connectivity index (χ2v) is 5.55. The third-order valence-corrected chi connectivity index (χ3v) is 3.74. The van der Waals surface area contributed by atoms with Gasteiger partial charge in [0.1, 0.15) is 23.6 Å². The highest BCUT2D eigenvalue weighted by Crippen LogP contribution is 2.21. The third kappa shape index (κ3) is 4.21. The van der Waals surface area contributed by atoms with Gasteiger partial charge in [0.15, 0.2) is 5.76 Å². The van der Waals surface area contributed by atoms with Gasteiger partial charge in [-0.3, -0.25) is 9.59 Å². The van der Waals surface area contributed by atoms with Crippen molar-refractivity contribution >= 4 is 17.7 Å². The molecule has 2 aromatic heterocycles. The van der Waals surface area contributed by atoms with Crippen LogP contribution in [0, 0.1) is 0 Å². The summed E-state index contributed by atoms with van der Waals surface area (Å²) in [5.74, 6) is -3.35. The van der Waals surface area contributed by atoms with E-state index in [2.05, 4.69) is 20.4 Å². The van der Waals surface area contributed by atoms with E-state index in [-0.39, 0.29) is 17.7 Å². The number of carboxylic acids is 1. The number of hydrogen-bond acceptors (Lipinski definition) is 7. The molecule has 2 N–H and O–H groups in total. The Morgan fingerprint density at radius 3 is 2.59 bits per heavy atom. The predicted octanol–water partition coefficient (Wildman–Crippen LogP) is 1.13. The Balaban J connectivity index is 1.84. The Labute approximate surface area is 153 Å². The SMILES string of the molecule is O=C(O)C(=O)C(Cc1ccccc1)NC(=O)c1cnoc1-c1ccncn1. The fraction of sp³-hybridized carbons (Fsp3) is 0.111. The molecule has 1 unspecified atom stereocenters. The first kappa shape index (κ1) is 17.9.